The van der Waals surface area contributed by atoms with Gasteiger partial charge in [0, 0.05) is 26.7 Å². The van der Waals surface area contributed by atoms with Gasteiger partial charge in [-0.15, -0.1) is 5.10 Å². The molecule has 1 amide bonds. The average Bonchev–Trinajstić information content (AvgIpc) is 3.05. The van der Waals surface area contributed by atoms with Crippen LogP contribution in [0.2, 0.25) is 0 Å². The molecule has 100 valence electrons. The van der Waals surface area contributed by atoms with Gasteiger partial charge in [-0.05, 0) is 23.3 Å². The Morgan fingerprint density at radius 2 is 2.33 bits per heavy atom. The first kappa shape index (κ1) is 13.3. The molecule has 1 aliphatic rings. The lowest BCUT2D eigenvalue weighted by molar-refractivity contribution is -0.125. The Kier molecular flexibility index (Phi) is 4.54. The van der Waals surface area contributed by atoms with Crippen molar-refractivity contribution in [2.45, 2.75) is 30.6 Å². The van der Waals surface area contributed by atoms with Crippen molar-refractivity contribution in [2.24, 2.45) is 0 Å². The maximum Gasteiger partial charge on any atom is 0.232 e. The largest absolute Gasteiger partial charge is 0.348 e. The molecule has 1 saturated carbocycles. The molecule has 7 nitrogen and oxygen atoms in total. The van der Waals surface area contributed by atoms with Crippen molar-refractivity contribution in [2.75, 3.05) is 26.4 Å². The number of rotatable bonds is 7. The fourth-order valence-electron chi connectivity index (χ4n) is 1.36. The van der Waals surface area contributed by atoms with Crippen LogP contribution in [0.4, 0.5) is 0 Å². The lowest BCUT2D eigenvalue weighted by atomic mass is 10.6. The summed E-state index contributed by atoms with van der Waals surface area (Å²) >= 11 is 1.37. The Labute approximate surface area is 110 Å². The fraction of sp³-hybridized carbons (Fsp3) is 0.800. The van der Waals surface area contributed by atoms with E-state index in [0.29, 0.717) is 17.0 Å². The summed E-state index contributed by atoms with van der Waals surface area (Å²) < 4.78 is 1.74. The predicted molar refractivity (Wildman–Crippen MR) is 68.3 cm³/mol. The Bertz CT molecular complexity index is 403. The molecule has 8 heteroatoms. The smallest absolute Gasteiger partial charge is 0.232 e. The van der Waals surface area contributed by atoms with Crippen LogP contribution in [0.5, 0.6) is 0 Å². The molecule has 18 heavy (non-hydrogen) atoms. The normalized spacial score (nSPS) is 14.8. The highest BCUT2D eigenvalue weighted by Gasteiger charge is 2.20. The second kappa shape index (κ2) is 6.14. The molecule has 0 unspecified atom stereocenters. The van der Waals surface area contributed by atoms with Crippen LogP contribution in [0, 0.1) is 0 Å². The number of carbonyl (C=O) groups is 1. The number of tetrazole rings is 1. The SMILES string of the molecule is CN(C)C(=O)CSc1nnnn1CCNC1CC1. The van der Waals surface area contributed by atoms with Crippen molar-refractivity contribution in [3.8, 4) is 0 Å². The summed E-state index contributed by atoms with van der Waals surface area (Å²) in [4.78, 5) is 13.0. The van der Waals surface area contributed by atoms with Gasteiger partial charge in [0.2, 0.25) is 11.1 Å². The number of nitrogens with one attached hydrogen (secondary N) is 1. The molecule has 2 rings (SSSR count). The zero-order chi connectivity index (χ0) is 13.0. The van der Waals surface area contributed by atoms with Crippen LogP contribution in [0.15, 0.2) is 5.16 Å². The standard InChI is InChI=1S/C10H18N6OS/c1-15(2)9(17)7-18-10-12-13-14-16(10)6-5-11-8-3-4-8/h8,11H,3-7H2,1-2H3. The molecule has 0 saturated heterocycles. The van der Waals surface area contributed by atoms with E-state index in [1.807, 2.05) is 0 Å². The van der Waals surface area contributed by atoms with Gasteiger partial charge in [0.15, 0.2) is 0 Å². The highest BCUT2D eigenvalue weighted by Crippen LogP contribution is 2.18. The molecule has 0 atom stereocenters. The van der Waals surface area contributed by atoms with Gasteiger partial charge in [-0.1, -0.05) is 11.8 Å². The van der Waals surface area contributed by atoms with Gasteiger partial charge in [0.1, 0.15) is 0 Å². The van der Waals surface area contributed by atoms with Gasteiger partial charge < -0.3 is 10.2 Å². The van der Waals surface area contributed by atoms with E-state index < -0.39 is 0 Å². The van der Waals surface area contributed by atoms with Gasteiger partial charge in [0.25, 0.3) is 0 Å². The maximum atomic E-state index is 11.5. The molecule has 1 aromatic heterocycles. The summed E-state index contributed by atoms with van der Waals surface area (Å²) in [6.07, 6.45) is 2.54. The Balaban J connectivity index is 1.76. The third kappa shape index (κ3) is 3.95. The first-order valence-electron chi connectivity index (χ1n) is 5.99. The van der Waals surface area contributed by atoms with E-state index in [1.54, 1.807) is 23.7 Å². The van der Waals surface area contributed by atoms with E-state index in [0.717, 1.165) is 13.1 Å². The number of thioether (sulfide) groups is 1. The topological polar surface area (TPSA) is 75.9 Å². The Hall–Kier alpha value is -1.15. The van der Waals surface area contributed by atoms with Crippen molar-refractivity contribution < 1.29 is 4.79 Å². The molecule has 0 aromatic carbocycles. The molecule has 0 aliphatic heterocycles. The van der Waals surface area contributed by atoms with Crippen LogP contribution in [0.1, 0.15) is 12.8 Å². The van der Waals surface area contributed by atoms with Crippen molar-refractivity contribution >= 4 is 17.7 Å². The Morgan fingerprint density at radius 1 is 1.56 bits per heavy atom. The number of aromatic nitrogens is 4. The van der Waals surface area contributed by atoms with E-state index >= 15 is 0 Å². The van der Waals surface area contributed by atoms with Gasteiger partial charge in [-0.2, -0.15) is 0 Å². The first-order chi connectivity index (χ1) is 8.66. The van der Waals surface area contributed by atoms with E-state index in [9.17, 15) is 4.79 Å². The number of hydrogen-bond donors (Lipinski definition) is 1. The van der Waals surface area contributed by atoms with Crippen LogP contribution < -0.4 is 5.32 Å². The summed E-state index contributed by atoms with van der Waals surface area (Å²) in [5.74, 6) is 0.425. The lowest BCUT2D eigenvalue weighted by Crippen LogP contribution is -2.24. The molecule has 1 aliphatic carbocycles. The molecule has 0 radical (unpaired) electrons. The number of amides is 1. The maximum absolute atomic E-state index is 11.5. The molecular formula is C10H18N6OS. The highest BCUT2D eigenvalue weighted by atomic mass is 32.2. The van der Waals surface area contributed by atoms with Crippen LogP contribution in [-0.2, 0) is 11.3 Å². The minimum atomic E-state index is 0.0608. The molecular weight excluding hydrogens is 252 g/mol. The van der Waals surface area contributed by atoms with E-state index in [1.165, 1.54) is 24.6 Å². The Morgan fingerprint density at radius 3 is 3.00 bits per heavy atom. The monoisotopic (exact) mass is 270 g/mol. The van der Waals surface area contributed by atoms with E-state index in [-0.39, 0.29) is 5.91 Å². The zero-order valence-corrected chi connectivity index (χ0v) is 11.5. The average molecular weight is 270 g/mol. The molecule has 1 heterocycles. The highest BCUT2D eigenvalue weighted by molar-refractivity contribution is 7.99. The summed E-state index contributed by atoms with van der Waals surface area (Å²) in [5, 5.41) is 15.6. The summed E-state index contributed by atoms with van der Waals surface area (Å²) in [6, 6.07) is 0.688. The van der Waals surface area contributed by atoms with E-state index in [4.69, 9.17) is 0 Å². The minimum Gasteiger partial charge on any atom is -0.348 e. The van der Waals surface area contributed by atoms with Crippen molar-refractivity contribution in [3.05, 3.63) is 0 Å². The summed E-state index contributed by atoms with van der Waals surface area (Å²) in [7, 11) is 3.48. The quantitative estimate of drug-likeness (QED) is 0.680. The molecule has 1 fully saturated rings. The molecule has 0 bridgehead atoms. The zero-order valence-electron chi connectivity index (χ0n) is 10.7. The predicted octanol–water partition coefficient (Wildman–Crippen LogP) is -0.395. The second-order valence-corrected chi connectivity index (χ2v) is 5.43. The minimum absolute atomic E-state index is 0.0608. The van der Waals surface area contributed by atoms with Gasteiger partial charge >= 0.3 is 0 Å². The molecule has 1 N–H and O–H groups in total. The van der Waals surface area contributed by atoms with Crippen molar-refractivity contribution in [1.29, 1.82) is 0 Å². The van der Waals surface area contributed by atoms with Crippen molar-refractivity contribution in [3.63, 3.8) is 0 Å². The van der Waals surface area contributed by atoms with Crippen LogP contribution in [-0.4, -0.2) is 63.4 Å². The third-order valence-electron chi connectivity index (χ3n) is 2.66. The van der Waals surface area contributed by atoms with E-state index in [2.05, 4.69) is 20.8 Å². The van der Waals surface area contributed by atoms with Gasteiger partial charge in [-0.25, -0.2) is 4.68 Å². The summed E-state index contributed by atoms with van der Waals surface area (Å²) in [6.45, 7) is 1.60. The second-order valence-electron chi connectivity index (χ2n) is 4.49. The lowest BCUT2D eigenvalue weighted by Gasteiger charge is -2.09. The molecule has 0 spiro atoms. The van der Waals surface area contributed by atoms with Crippen molar-refractivity contribution in [1.82, 2.24) is 30.4 Å². The number of nitrogens with zero attached hydrogens (tertiary/aromatic N) is 5. The number of hydrogen-bond acceptors (Lipinski definition) is 6. The molecule has 1 aromatic rings. The van der Waals surface area contributed by atoms with Crippen LogP contribution in [0.25, 0.3) is 0 Å². The summed E-state index contributed by atoms with van der Waals surface area (Å²) in [5.41, 5.74) is 0. The number of carbonyl (C=O) groups excluding carboxylic acids is 1. The van der Waals surface area contributed by atoms with Gasteiger partial charge in [0.05, 0.1) is 12.3 Å². The fourth-order valence-corrected chi connectivity index (χ4v) is 2.24. The first-order valence-corrected chi connectivity index (χ1v) is 6.98. The van der Waals surface area contributed by atoms with Crippen LogP contribution in [0.3, 0.4) is 0 Å². The van der Waals surface area contributed by atoms with Crippen LogP contribution >= 0.6 is 11.8 Å². The van der Waals surface area contributed by atoms with Gasteiger partial charge in [-0.3, -0.25) is 4.79 Å². The third-order valence-corrected chi connectivity index (χ3v) is 3.60.